The first-order valence-corrected chi connectivity index (χ1v) is 12.3. The quantitative estimate of drug-likeness (QED) is 0.406. The minimum Gasteiger partial charge on any atom is -0.396 e. The Hall–Kier alpha value is -3.72. The predicted octanol–water partition coefficient (Wildman–Crippen LogP) is 4.77. The van der Waals surface area contributed by atoms with Crippen molar-refractivity contribution in [1.82, 2.24) is 14.5 Å². The van der Waals surface area contributed by atoms with Crippen molar-refractivity contribution >= 4 is 28.2 Å². The average Bonchev–Trinajstić information content (AvgIpc) is 3.25. The van der Waals surface area contributed by atoms with Crippen molar-refractivity contribution in [2.45, 2.75) is 25.4 Å². The molecule has 0 aliphatic carbocycles. The van der Waals surface area contributed by atoms with Crippen molar-refractivity contribution in [2.75, 3.05) is 48.8 Å². The van der Waals surface area contributed by atoms with Gasteiger partial charge in [-0.25, -0.2) is 18.7 Å². The summed E-state index contributed by atoms with van der Waals surface area (Å²) >= 11 is 0. The van der Waals surface area contributed by atoms with Gasteiger partial charge in [-0.3, -0.25) is 4.57 Å². The van der Waals surface area contributed by atoms with Crippen LogP contribution >= 0.6 is 0 Å². The number of nitrogen functional groups attached to an aromatic ring is 1. The molecule has 0 unspecified atom stereocenters. The van der Waals surface area contributed by atoms with Crippen LogP contribution in [0.4, 0.5) is 25.8 Å². The maximum Gasteiger partial charge on any atom is 0.167 e. The molecule has 2 fully saturated rings. The lowest BCUT2D eigenvalue weighted by Gasteiger charge is -2.40. The highest BCUT2D eigenvalue weighted by atomic mass is 19.1. The summed E-state index contributed by atoms with van der Waals surface area (Å²) in [5, 5.41) is 0. The van der Waals surface area contributed by atoms with Crippen LogP contribution < -0.4 is 15.5 Å². The highest BCUT2D eigenvalue weighted by Gasteiger charge is 2.28. The zero-order valence-electron chi connectivity index (χ0n) is 20.1. The van der Waals surface area contributed by atoms with Gasteiger partial charge in [0.05, 0.1) is 23.2 Å². The number of rotatable bonds is 5. The summed E-state index contributed by atoms with van der Waals surface area (Å²) in [7, 11) is 1.68. The number of halogens is 2. The highest BCUT2D eigenvalue weighted by Crippen LogP contribution is 2.36. The fourth-order valence-electron chi connectivity index (χ4n) is 5.11. The summed E-state index contributed by atoms with van der Waals surface area (Å²) < 4.78 is 37.2. The van der Waals surface area contributed by atoms with E-state index < -0.39 is 11.6 Å². The van der Waals surface area contributed by atoms with Crippen LogP contribution in [0.15, 0.2) is 48.7 Å². The SMILES string of the molecule is COC1CN(c2ccc(-n3c(-c4ccc(N)c(F)c4)nc4c(N5CCCCC5)ccnc43)c(F)c2)C1. The van der Waals surface area contributed by atoms with Crippen LogP contribution in [-0.2, 0) is 4.74 Å². The Bertz CT molecular complexity index is 1430. The Labute approximate surface area is 208 Å². The molecule has 2 aromatic carbocycles. The number of fused-ring (bicyclic) bond motifs is 1. The van der Waals surface area contributed by atoms with Crippen molar-refractivity contribution in [1.29, 1.82) is 0 Å². The minimum absolute atomic E-state index is 0.0491. The molecule has 0 bridgehead atoms. The Morgan fingerprint density at radius 3 is 2.44 bits per heavy atom. The van der Waals surface area contributed by atoms with Gasteiger partial charge in [0.25, 0.3) is 0 Å². The number of nitrogens with two attached hydrogens (primary N) is 1. The van der Waals surface area contributed by atoms with Crippen LogP contribution in [0.5, 0.6) is 0 Å². The van der Waals surface area contributed by atoms with Crippen molar-refractivity contribution in [3.63, 3.8) is 0 Å². The summed E-state index contributed by atoms with van der Waals surface area (Å²) in [6, 6.07) is 11.6. The van der Waals surface area contributed by atoms with Gasteiger partial charge in [0.2, 0.25) is 0 Å². The monoisotopic (exact) mass is 490 g/mol. The Kier molecular flexibility index (Phi) is 5.72. The molecular formula is C27H28F2N6O. The van der Waals surface area contributed by atoms with E-state index in [2.05, 4.69) is 14.8 Å². The number of benzene rings is 2. The average molecular weight is 491 g/mol. The van der Waals surface area contributed by atoms with Crippen LogP contribution in [0, 0.1) is 11.6 Å². The van der Waals surface area contributed by atoms with E-state index in [0.29, 0.717) is 28.2 Å². The summed E-state index contributed by atoms with van der Waals surface area (Å²) in [5.41, 5.74) is 9.52. The third-order valence-corrected chi connectivity index (χ3v) is 7.20. The smallest absolute Gasteiger partial charge is 0.167 e. The van der Waals surface area contributed by atoms with E-state index in [9.17, 15) is 4.39 Å². The number of piperidine rings is 1. The van der Waals surface area contributed by atoms with Crippen molar-refractivity contribution in [3.8, 4) is 17.1 Å². The standard InChI is InChI=1S/C27H28F2N6O/c1-36-19-15-34(16-19)18-6-8-23(21(29)14-18)35-26(17-5-7-22(30)20(28)13-17)32-25-24(9-10-31-27(25)35)33-11-3-2-4-12-33/h5-10,13-14,19H,2-4,11-12,15-16,30H2,1H3. The summed E-state index contributed by atoms with van der Waals surface area (Å²) in [4.78, 5) is 13.9. The highest BCUT2D eigenvalue weighted by molar-refractivity contribution is 5.90. The number of hydrogen-bond acceptors (Lipinski definition) is 6. The van der Waals surface area contributed by atoms with Gasteiger partial charge in [-0.15, -0.1) is 0 Å². The largest absolute Gasteiger partial charge is 0.396 e. The Balaban J connectivity index is 1.51. The second kappa shape index (κ2) is 9.05. The molecule has 4 heterocycles. The molecule has 0 amide bonds. The van der Waals surface area contributed by atoms with E-state index >= 15 is 4.39 Å². The number of imidazole rings is 1. The maximum absolute atomic E-state index is 15.7. The summed E-state index contributed by atoms with van der Waals surface area (Å²) in [5.74, 6) is -0.539. The second-order valence-corrected chi connectivity index (χ2v) is 9.46. The molecule has 0 spiro atoms. The lowest BCUT2D eigenvalue weighted by atomic mass is 10.1. The van der Waals surface area contributed by atoms with E-state index in [-0.39, 0.29) is 11.8 Å². The fourth-order valence-corrected chi connectivity index (χ4v) is 5.11. The van der Waals surface area contributed by atoms with Gasteiger partial charge in [-0.05, 0) is 61.7 Å². The molecule has 4 aromatic rings. The maximum atomic E-state index is 15.7. The lowest BCUT2D eigenvalue weighted by molar-refractivity contribution is 0.0787. The molecule has 6 rings (SSSR count). The number of methoxy groups -OCH3 is 1. The van der Waals surface area contributed by atoms with E-state index in [1.807, 2.05) is 12.1 Å². The van der Waals surface area contributed by atoms with E-state index in [1.54, 1.807) is 30.0 Å². The molecule has 2 aliphatic heterocycles. The minimum atomic E-state index is -0.545. The van der Waals surface area contributed by atoms with Gasteiger partial charge in [0.15, 0.2) is 5.65 Å². The van der Waals surface area contributed by atoms with Gasteiger partial charge in [0.1, 0.15) is 23.0 Å². The zero-order valence-corrected chi connectivity index (χ0v) is 20.1. The van der Waals surface area contributed by atoms with Crippen molar-refractivity contribution < 1.29 is 13.5 Å². The third-order valence-electron chi connectivity index (χ3n) is 7.20. The molecule has 2 aromatic heterocycles. The summed E-state index contributed by atoms with van der Waals surface area (Å²) in [6.07, 6.45) is 5.31. The van der Waals surface area contributed by atoms with Gasteiger partial charge >= 0.3 is 0 Å². The number of pyridine rings is 1. The number of hydrogen-bond donors (Lipinski definition) is 1. The summed E-state index contributed by atoms with van der Waals surface area (Å²) in [6.45, 7) is 3.30. The molecule has 2 aliphatic rings. The van der Waals surface area contributed by atoms with Crippen LogP contribution in [0.1, 0.15) is 19.3 Å². The van der Waals surface area contributed by atoms with E-state index in [0.717, 1.165) is 50.4 Å². The molecular weight excluding hydrogens is 462 g/mol. The molecule has 0 radical (unpaired) electrons. The van der Waals surface area contributed by atoms with Gasteiger partial charge < -0.3 is 20.3 Å². The molecule has 9 heteroatoms. The molecule has 2 N–H and O–H groups in total. The number of ether oxygens (including phenoxy) is 1. The predicted molar refractivity (Wildman–Crippen MR) is 138 cm³/mol. The van der Waals surface area contributed by atoms with Crippen molar-refractivity contribution in [2.24, 2.45) is 0 Å². The number of aromatic nitrogens is 3. The molecule has 36 heavy (non-hydrogen) atoms. The first kappa shape index (κ1) is 22.7. The fraction of sp³-hybridized carbons (Fsp3) is 0.333. The van der Waals surface area contributed by atoms with Crippen LogP contribution in [0.25, 0.3) is 28.2 Å². The lowest BCUT2D eigenvalue weighted by Crippen LogP contribution is -2.51. The van der Waals surface area contributed by atoms with Gasteiger partial charge in [0, 0.05) is 50.7 Å². The molecule has 7 nitrogen and oxygen atoms in total. The zero-order chi connectivity index (χ0) is 24.8. The molecule has 0 saturated carbocycles. The van der Waals surface area contributed by atoms with E-state index in [4.69, 9.17) is 15.5 Å². The van der Waals surface area contributed by atoms with Gasteiger partial charge in [-0.1, -0.05) is 0 Å². The van der Waals surface area contributed by atoms with Crippen LogP contribution in [-0.4, -0.2) is 53.9 Å². The van der Waals surface area contributed by atoms with Gasteiger partial charge in [-0.2, -0.15) is 0 Å². The topological polar surface area (TPSA) is 72.4 Å². The molecule has 2 saturated heterocycles. The second-order valence-electron chi connectivity index (χ2n) is 9.46. The van der Waals surface area contributed by atoms with Crippen LogP contribution in [0.3, 0.4) is 0 Å². The number of anilines is 3. The molecule has 186 valence electrons. The molecule has 0 atom stereocenters. The Morgan fingerprint density at radius 1 is 0.917 bits per heavy atom. The first-order chi connectivity index (χ1) is 17.5. The normalized spacial score (nSPS) is 16.5. The first-order valence-electron chi connectivity index (χ1n) is 12.3. The van der Waals surface area contributed by atoms with Crippen molar-refractivity contribution in [3.05, 3.63) is 60.3 Å². The third kappa shape index (κ3) is 3.83. The Morgan fingerprint density at radius 2 is 1.72 bits per heavy atom. The van der Waals surface area contributed by atoms with E-state index in [1.165, 1.54) is 24.6 Å². The number of nitrogens with zero attached hydrogens (tertiary/aromatic N) is 5. The van der Waals surface area contributed by atoms with Crippen LogP contribution in [0.2, 0.25) is 0 Å².